The fraction of sp³-hybridized carbons (Fsp3) is 0.857. The third-order valence-electron chi connectivity index (χ3n) is 4.47. The van der Waals surface area contributed by atoms with Crippen LogP contribution in [0.4, 0.5) is 0 Å². The molecule has 0 aliphatic carbocycles. The first-order valence-corrected chi connectivity index (χ1v) is 7.40. The normalized spacial score (nSPS) is 29.9. The maximum Gasteiger partial charge on any atom is 0.222 e. The van der Waals surface area contributed by atoms with Crippen LogP contribution in [0.25, 0.3) is 0 Å². The number of rotatable bonds is 4. The molecule has 2 fully saturated rings. The van der Waals surface area contributed by atoms with Crippen molar-refractivity contribution in [2.24, 2.45) is 11.7 Å². The molecule has 0 spiro atoms. The first kappa shape index (κ1) is 17.2. The maximum absolute atomic E-state index is 12.3. The van der Waals surface area contributed by atoms with E-state index in [1.54, 1.807) is 0 Å². The Labute approximate surface area is 127 Å². The molecule has 2 aliphatic heterocycles. The van der Waals surface area contributed by atoms with E-state index >= 15 is 0 Å². The van der Waals surface area contributed by atoms with Gasteiger partial charge in [-0.25, -0.2) is 0 Å². The highest BCUT2D eigenvalue weighted by Crippen LogP contribution is 2.23. The predicted octanol–water partition coefficient (Wildman–Crippen LogP) is 1.05. The summed E-state index contributed by atoms with van der Waals surface area (Å²) >= 11 is 0. The minimum absolute atomic E-state index is 0. The second-order valence-electron chi connectivity index (χ2n) is 5.90. The summed E-state index contributed by atoms with van der Waals surface area (Å²) in [6, 6.07) is 0.732. The van der Waals surface area contributed by atoms with Crippen molar-refractivity contribution >= 4 is 24.2 Å². The van der Waals surface area contributed by atoms with Crippen LogP contribution in [0.3, 0.4) is 0 Å². The van der Waals surface area contributed by atoms with E-state index in [2.05, 4.69) is 12.2 Å². The molecule has 6 heteroatoms. The van der Waals surface area contributed by atoms with E-state index in [0.717, 1.165) is 25.8 Å². The van der Waals surface area contributed by atoms with E-state index in [0.29, 0.717) is 19.0 Å². The number of nitrogens with two attached hydrogens (primary N) is 1. The molecule has 0 radical (unpaired) electrons. The third kappa shape index (κ3) is 4.35. The first-order valence-electron chi connectivity index (χ1n) is 7.40. The number of carbonyl (C=O) groups excluding carboxylic acids is 2. The van der Waals surface area contributed by atoms with Crippen molar-refractivity contribution in [3.05, 3.63) is 0 Å². The molecule has 0 aromatic heterocycles. The van der Waals surface area contributed by atoms with E-state index in [-0.39, 0.29) is 36.2 Å². The molecule has 2 heterocycles. The maximum atomic E-state index is 12.3. The second-order valence-corrected chi connectivity index (χ2v) is 5.90. The van der Waals surface area contributed by atoms with Gasteiger partial charge in [0.2, 0.25) is 11.8 Å². The van der Waals surface area contributed by atoms with Gasteiger partial charge in [0.25, 0.3) is 0 Å². The van der Waals surface area contributed by atoms with Gasteiger partial charge in [0.05, 0.1) is 5.92 Å². The average Bonchev–Trinajstić information content (AvgIpc) is 2.89. The van der Waals surface area contributed by atoms with Crippen LogP contribution in [0.15, 0.2) is 0 Å². The molecular weight excluding hydrogens is 278 g/mol. The van der Waals surface area contributed by atoms with E-state index < -0.39 is 0 Å². The van der Waals surface area contributed by atoms with Gasteiger partial charge in [-0.2, -0.15) is 0 Å². The molecule has 116 valence electrons. The van der Waals surface area contributed by atoms with Gasteiger partial charge in [-0.3, -0.25) is 9.59 Å². The van der Waals surface area contributed by atoms with Crippen LogP contribution in [-0.2, 0) is 9.59 Å². The predicted molar refractivity (Wildman–Crippen MR) is 80.6 cm³/mol. The summed E-state index contributed by atoms with van der Waals surface area (Å²) < 4.78 is 0. The molecule has 5 nitrogen and oxygen atoms in total. The number of carbonyl (C=O) groups is 2. The number of halogens is 1. The standard InChI is InChI=1S/C14H25N3O2.ClH/c1-10-4-5-11(14(15)19)9-17(10)13(18)7-6-12-3-2-8-16-12;/h10-12,16H,2-9H2,1H3,(H2,15,19);1H. The quantitative estimate of drug-likeness (QED) is 0.815. The molecule has 0 saturated carbocycles. The van der Waals surface area contributed by atoms with Gasteiger partial charge in [0.15, 0.2) is 0 Å². The van der Waals surface area contributed by atoms with Crippen LogP contribution in [0, 0.1) is 5.92 Å². The molecule has 0 bridgehead atoms. The van der Waals surface area contributed by atoms with Crippen molar-refractivity contribution in [1.29, 1.82) is 0 Å². The minimum atomic E-state index is -0.276. The Bertz CT molecular complexity index is 345. The molecule has 20 heavy (non-hydrogen) atoms. The molecule has 3 unspecified atom stereocenters. The zero-order valence-electron chi connectivity index (χ0n) is 12.1. The fourth-order valence-corrected chi connectivity index (χ4v) is 3.13. The van der Waals surface area contributed by atoms with Crippen molar-refractivity contribution in [2.75, 3.05) is 13.1 Å². The Morgan fingerprint density at radius 3 is 2.65 bits per heavy atom. The number of piperidine rings is 1. The lowest BCUT2D eigenvalue weighted by atomic mass is 9.92. The third-order valence-corrected chi connectivity index (χ3v) is 4.47. The molecule has 0 aromatic rings. The summed E-state index contributed by atoms with van der Waals surface area (Å²) in [6.45, 7) is 3.64. The molecule has 2 rings (SSSR count). The van der Waals surface area contributed by atoms with Gasteiger partial charge in [0, 0.05) is 25.0 Å². The summed E-state index contributed by atoms with van der Waals surface area (Å²) in [4.78, 5) is 25.4. The highest BCUT2D eigenvalue weighted by Gasteiger charge is 2.31. The molecular formula is C14H26ClN3O2. The van der Waals surface area contributed by atoms with E-state index in [1.807, 2.05) is 4.90 Å². The lowest BCUT2D eigenvalue weighted by molar-refractivity contribution is -0.137. The van der Waals surface area contributed by atoms with E-state index in [9.17, 15) is 9.59 Å². The molecule has 2 amide bonds. The summed E-state index contributed by atoms with van der Waals surface area (Å²) in [7, 11) is 0. The highest BCUT2D eigenvalue weighted by molar-refractivity contribution is 5.85. The first-order chi connectivity index (χ1) is 9.08. The lowest BCUT2D eigenvalue weighted by Gasteiger charge is -2.37. The van der Waals surface area contributed by atoms with Crippen molar-refractivity contribution in [1.82, 2.24) is 10.2 Å². The van der Waals surface area contributed by atoms with E-state index in [4.69, 9.17) is 5.73 Å². The Morgan fingerprint density at radius 2 is 2.05 bits per heavy atom. The average molecular weight is 304 g/mol. The van der Waals surface area contributed by atoms with Crippen LogP contribution >= 0.6 is 12.4 Å². The molecule has 2 aliphatic rings. The Kier molecular flexibility index (Phi) is 6.76. The van der Waals surface area contributed by atoms with Crippen LogP contribution in [-0.4, -0.2) is 41.9 Å². The number of primary amides is 1. The Hall–Kier alpha value is -0.810. The number of likely N-dealkylation sites (tertiary alicyclic amines) is 1. The number of amides is 2. The van der Waals surface area contributed by atoms with Gasteiger partial charge in [0.1, 0.15) is 0 Å². The zero-order chi connectivity index (χ0) is 13.8. The van der Waals surface area contributed by atoms with Crippen LogP contribution in [0.5, 0.6) is 0 Å². The number of nitrogens with zero attached hydrogens (tertiary/aromatic N) is 1. The zero-order valence-corrected chi connectivity index (χ0v) is 13.0. The smallest absolute Gasteiger partial charge is 0.222 e. The number of hydrogen-bond acceptors (Lipinski definition) is 3. The largest absolute Gasteiger partial charge is 0.369 e. The van der Waals surface area contributed by atoms with Crippen molar-refractivity contribution in [2.45, 2.75) is 57.5 Å². The monoisotopic (exact) mass is 303 g/mol. The summed E-state index contributed by atoms with van der Waals surface area (Å²) in [5, 5.41) is 3.41. The van der Waals surface area contributed by atoms with Crippen molar-refractivity contribution in [3.63, 3.8) is 0 Å². The van der Waals surface area contributed by atoms with Gasteiger partial charge >= 0.3 is 0 Å². The summed E-state index contributed by atoms with van der Waals surface area (Å²) in [5.74, 6) is -0.265. The van der Waals surface area contributed by atoms with Gasteiger partial charge in [-0.1, -0.05) is 0 Å². The molecule has 0 aromatic carbocycles. The van der Waals surface area contributed by atoms with Crippen LogP contribution in [0.1, 0.15) is 45.4 Å². The topological polar surface area (TPSA) is 75.4 Å². The van der Waals surface area contributed by atoms with Gasteiger partial charge < -0.3 is 16.0 Å². The minimum Gasteiger partial charge on any atom is -0.369 e. The number of hydrogen-bond donors (Lipinski definition) is 2. The van der Waals surface area contributed by atoms with Crippen LogP contribution < -0.4 is 11.1 Å². The van der Waals surface area contributed by atoms with Gasteiger partial charge in [-0.05, 0) is 45.6 Å². The Morgan fingerprint density at radius 1 is 1.30 bits per heavy atom. The Balaban J connectivity index is 0.00000200. The molecule has 3 N–H and O–H groups in total. The molecule has 2 saturated heterocycles. The lowest BCUT2D eigenvalue weighted by Crippen LogP contribution is -2.48. The van der Waals surface area contributed by atoms with Crippen molar-refractivity contribution < 1.29 is 9.59 Å². The summed E-state index contributed by atoms with van der Waals surface area (Å²) in [6.07, 6.45) is 5.55. The van der Waals surface area contributed by atoms with Crippen LogP contribution in [0.2, 0.25) is 0 Å². The highest BCUT2D eigenvalue weighted by atomic mass is 35.5. The van der Waals surface area contributed by atoms with E-state index in [1.165, 1.54) is 12.8 Å². The second kappa shape index (κ2) is 7.84. The SMILES string of the molecule is CC1CCC(C(N)=O)CN1C(=O)CCC1CCCN1.Cl. The van der Waals surface area contributed by atoms with Crippen molar-refractivity contribution in [3.8, 4) is 0 Å². The summed E-state index contributed by atoms with van der Waals surface area (Å²) in [5.41, 5.74) is 5.36. The fourth-order valence-electron chi connectivity index (χ4n) is 3.13. The number of nitrogens with one attached hydrogen (secondary N) is 1. The molecule has 3 atom stereocenters. The van der Waals surface area contributed by atoms with Gasteiger partial charge in [-0.15, -0.1) is 12.4 Å².